The number of rotatable bonds is 8. The quantitative estimate of drug-likeness (QED) is 0.713. The highest BCUT2D eigenvalue weighted by Crippen LogP contribution is 2.38. The zero-order valence-electron chi connectivity index (χ0n) is 13.3. The van der Waals surface area contributed by atoms with Gasteiger partial charge in [0.2, 0.25) is 0 Å². The highest BCUT2D eigenvalue weighted by atomic mass is 32.2. The average Bonchev–Trinajstić information content (AvgIpc) is 2.97. The molecule has 120 valence electrons. The van der Waals surface area contributed by atoms with E-state index < -0.39 is 10.0 Å². The molecule has 6 nitrogen and oxygen atoms in total. The van der Waals surface area contributed by atoms with E-state index in [1.807, 2.05) is 6.92 Å². The maximum absolute atomic E-state index is 12.7. The normalized spacial score (nSPS) is 22.0. The van der Waals surface area contributed by atoms with E-state index in [-0.39, 0.29) is 5.03 Å². The van der Waals surface area contributed by atoms with Gasteiger partial charge in [-0.1, -0.05) is 13.8 Å². The predicted molar refractivity (Wildman–Crippen MR) is 82.4 cm³/mol. The smallest absolute Gasteiger partial charge is 0.262 e. The lowest BCUT2D eigenvalue weighted by molar-refractivity contribution is 0.441. The van der Waals surface area contributed by atoms with E-state index in [1.165, 1.54) is 4.31 Å². The summed E-state index contributed by atoms with van der Waals surface area (Å²) in [4.78, 5) is 0. The minimum atomic E-state index is -3.51. The van der Waals surface area contributed by atoms with Crippen molar-refractivity contribution in [3.63, 3.8) is 0 Å². The van der Waals surface area contributed by atoms with Gasteiger partial charge in [0.1, 0.15) is 0 Å². The second kappa shape index (κ2) is 6.46. The van der Waals surface area contributed by atoms with E-state index in [9.17, 15) is 8.42 Å². The van der Waals surface area contributed by atoms with Gasteiger partial charge in [0, 0.05) is 31.4 Å². The van der Waals surface area contributed by atoms with Gasteiger partial charge in [-0.3, -0.25) is 5.10 Å². The Morgan fingerprint density at radius 1 is 1.48 bits per heavy atom. The molecule has 21 heavy (non-hydrogen) atoms. The Morgan fingerprint density at radius 3 is 2.71 bits per heavy atom. The molecular weight excluding hydrogens is 288 g/mol. The minimum Gasteiger partial charge on any atom is -0.313 e. The minimum absolute atomic E-state index is 0.166. The first-order valence-corrected chi connectivity index (χ1v) is 9.02. The lowest BCUT2D eigenvalue weighted by atomic mass is 10.2. The molecule has 1 fully saturated rings. The molecule has 2 N–H and O–H groups in total. The summed E-state index contributed by atoms with van der Waals surface area (Å²) in [6, 6.07) is 0. The molecule has 1 aromatic heterocycles. The van der Waals surface area contributed by atoms with Crippen molar-refractivity contribution < 1.29 is 8.42 Å². The number of hydrogen-bond acceptors (Lipinski definition) is 4. The van der Waals surface area contributed by atoms with Gasteiger partial charge >= 0.3 is 0 Å². The molecule has 1 aliphatic rings. The maximum Gasteiger partial charge on any atom is 0.262 e. The first kappa shape index (κ1) is 16.5. The molecule has 2 unspecified atom stereocenters. The van der Waals surface area contributed by atoms with E-state index >= 15 is 0 Å². The highest BCUT2D eigenvalue weighted by molar-refractivity contribution is 7.89. The third-order valence-corrected chi connectivity index (χ3v) is 5.98. The van der Waals surface area contributed by atoms with Crippen LogP contribution in [0, 0.1) is 18.8 Å². The van der Waals surface area contributed by atoms with Crippen LogP contribution in [0.3, 0.4) is 0 Å². The van der Waals surface area contributed by atoms with Crippen LogP contribution >= 0.6 is 0 Å². The Kier molecular flexibility index (Phi) is 5.06. The summed E-state index contributed by atoms with van der Waals surface area (Å²) in [6.07, 6.45) is 2.13. The molecular formula is C14H26N4O2S. The second-order valence-electron chi connectivity index (χ2n) is 6.07. The van der Waals surface area contributed by atoms with Gasteiger partial charge in [0.15, 0.2) is 5.03 Å². The van der Waals surface area contributed by atoms with Crippen molar-refractivity contribution in [1.82, 2.24) is 19.8 Å². The van der Waals surface area contributed by atoms with Crippen molar-refractivity contribution in [1.29, 1.82) is 0 Å². The largest absolute Gasteiger partial charge is 0.313 e. The van der Waals surface area contributed by atoms with Crippen molar-refractivity contribution in [2.75, 3.05) is 20.1 Å². The van der Waals surface area contributed by atoms with Gasteiger partial charge in [0.25, 0.3) is 10.0 Å². The number of H-pyrrole nitrogens is 1. The van der Waals surface area contributed by atoms with E-state index in [2.05, 4.69) is 29.4 Å². The summed E-state index contributed by atoms with van der Waals surface area (Å²) in [6.45, 7) is 8.06. The highest BCUT2D eigenvalue weighted by Gasteiger charge is 2.37. The molecule has 0 aromatic carbocycles. The van der Waals surface area contributed by atoms with Gasteiger partial charge in [-0.25, -0.2) is 8.42 Å². The lowest BCUT2D eigenvalue weighted by Gasteiger charge is -2.16. The summed E-state index contributed by atoms with van der Waals surface area (Å²) in [5.41, 5.74) is 1.56. The molecule has 2 atom stereocenters. The third kappa shape index (κ3) is 3.64. The molecule has 1 aromatic rings. The third-order valence-electron chi connectivity index (χ3n) is 4.19. The van der Waals surface area contributed by atoms with Crippen molar-refractivity contribution in [3.05, 3.63) is 11.3 Å². The fraction of sp³-hybridized carbons (Fsp3) is 0.786. The Balaban J connectivity index is 2.15. The second-order valence-corrected chi connectivity index (χ2v) is 8.03. The number of aromatic nitrogens is 2. The summed E-state index contributed by atoms with van der Waals surface area (Å²) in [7, 11) is -1.87. The number of sulfonamides is 1. The monoisotopic (exact) mass is 314 g/mol. The Morgan fingerprint density at radius 2 is 2.14 bits per heavy atom. The summed E-state index contributed by atoms with van der Waals surface area (Å²) < 4.78 is 26.8. The number of hydrogen-bond donors (Lipinski definition) is 2. The molecule has 0 aliphatic heterocycles. The number of nitrogens with zero attached hydrogens (tertiary/aromatic N) is 2. The first-order chi connectivity index (χ1) is 9.87. The van der Waals surface area contributed by atoms with Crippen molar-refractivity contribution in [2.45, 2.75) is 45.2 Å². The first-order valence-electron chi connectivity index (χ1n) is 7.58. The van der Waals surface area contributed by atoms with E-state index in [0.29, 0.717) is 24.9 Å². The van der Waals surface area contributed by atoms with Gasteiger partial charge in [-0.15, -0.1) is 0 Å². The standard InChI is InChI=1S/C14H26N4O2S/c1-5-6-15-8-13-11(3)16-17-14(13)21(19,20)18(4)9-12-7-10(12)2/h10,12,15H,5-9H2,1-4H3,(H,16,17). The Hall–Kier alpha value is -0.920. The van der Waals surface area contributed by atoms with Crippen LogP contribution in [0.1, 0.15) is 37.9 Å². The summed E-state index contributed by atoms with van der Waals surface area (Å²) in [5, 5.41) is 10.3. The molecule has 0 bridgehead atoms. The number of aromatic amines is 1. The fourth-order valence-electron chi connectivity index (χ4n) is 2.47. The summed E-state index contributed by atoms with van der Waals surface area (Å²) >= 11 is 0. The van der Waals surface area contributed by atoms with Gasteiger partial charge < -0.3 is 5.32 Å². The Labute approximate surface area is 127 Å². The fourth-order valence-corrected chi connectivity index (χ4v) is 3.85. The van der Waals surface area contributed by atoms with E-state index in [0.717, 1.165) is 30.6 Å². The average molecular weight is 314 g/mol. The molecule has 0 radical (unpaired) electrons. The van der Waals surface area contributed by atoms with Crippen LogP contribution < -0.4 is 5.32 Å². The lowest BCUT2D eigenvalue weighted by Crippen LogP contribution is -2.30. The van der Waals surface area contributed by atoms with Crippen LogP contribution in [0.4, 0.5) is 0 Å². The van der Waals surface area contributed by atoms with Crippen molar-refractivity contribution >= 4 is 10.0 Å². The van der Waals surface area contributed by atoms with Gasteiger partial charge in [0.05, 0.1) is 0 Å². The van der Waals surface area contributed by atoms with Crippen LogP contribution in [0.15, 0.2) is 5.03 Å². The van der Waals surface area contributed by atoms with Crippen molar-refractivity contribution in [3.8, 4) is 0 Å². The Bertz CT molecular complexity index is 582. The summed E-state index contributed by atoms with van der Waals surface area (Å²) in [5.74, 6) is 1.13. The van der Waals surface area contributed by atoms with E-state index in [4.69, 9.17) is 0 Å². The molecule has 1 aliphatic carbocycles. The van der Waals surface area contributed by atoms with Crippen molar-refractivity contribution in [2.24, 2.45) is 11.8 Å². The molecule has 1 heterocycles. The SMILES string of the molecule is CCCNCc1c(S(=O)(=O)N(C)CC2CC2C)n[nH]c1C. The zero-order valence-corrected chi connectivity index (χ0v) is 14.1. The van der Waals surface area contributed by atoms with Crippen LogP contribution in [0.5, 0.6) is 0 Å². The molecule has 0 saturated heterocycles. The predicted octanol–water partition coefficient (Wildman–Crippen LogP) is 1.49. The van der Waals surface area contributed by atoms with Gasteiger partial charge in [-0.05, 0) is 38.1 Å². The number of aryl methyl sites for hydroxylation is 1. The van der Waals surface area contributed by atoms with Crippen LogP contribution in [0.2, 0.25) is 0 Å². The molecule has 7 heteroatoms. The van der Waals surface area contributed by atoms with Crippen LogP contribution in [-0.2, 0) is 16.6 Å². The molecule has 0 amide bonds. The van der Waals surface area contributed by atoms with Crippen LogP contribution in [-0.4, -0.2) is 43.1 Å². The maximum atomic E-state index is 12.7. The molecule has 1 saturated carbocycles. The van der Waals surface area contributed by atoms with Crippen LogP contribution in [0.25, 0.3) is 0 Å². The number of nitrogens with one attached hydrogen (secondary N) is 2. The molecule has 0 spiro atoms. The molecule has 2 rings (SSSR count). The van der Waals surface area contributed by atoms with Gasteiger partial charge in [-0.2, -0.15) is 9.40 Å². The topological polar surface area (TPSA) is 78.1 Å². The zero-order chi connectivity index (χ0) is 15.6. The van der Waals surface area contributed by atoms with E-state index in [1.54, 1.807) is 7.05 Å².